The van der Waals surface area contributed by atoms with Crippen LogP contribution in [0.15, 0.2) is 41.8 Å². The van der Waals surface area contributed by atoms with Crippen molar-refractivity contribution in [3.8, 4) is 0 Å². The van der Waals surface area contributed by atoms with Crippen LogP contribution >= 0.6 is 22.7 Å². The summed E-state index contributed by atoms with van der Waals surface area (Å²) >= 11 is 3.12. The number of rotatable bonds is 3. The molecule has 0 N–H and O–H groups in total. The topological polar surface area (TPSA) is 53.5 Å². The van der Waals surface area contributed by atoms with Crippen LogP contribution in [0.1, 0.15) is 46.4 Å². The first-order valence-electron chi connectivity index (χ1n) is 9.73. The molecule has 0 radical (unpaired) electrons. The predicted molar refractivity (Wildman–Crippen MR) is 112 cm³/mol. The molecule has 2 amide bonds. The van der Waals surface area contributed by atoms with Crippen molar-refractivity contribution in [2.75, 3.05) is 13.1 Å². The number of para-hydroxylation sites is 1. The standard InChI is InChI=1S/C21H21N3O2S2/c25-20(16-8-4-12-24(16)21(26)18-10-5-13-27-18)23-11-3-7-15(23)19-22-14-6-1-2-9-17(14)28-19/h1-2,5-6,9-10,13,15-16H,3-4,7-8,11-12H2/t15-,16+/m1/s1. The van der Waals surface area contributed by atoms with E-state index in [0.717, 1.165) is 47.5 Å². The fourth-order valence-corrected chi connectivity index (χ4v) is 6.11. The largest absolute Gasteiger partial charge is 0.331 e. The van der Waals surface area contributed by atoms with Crippen molar-refractivity contribution in [3.63, 3.8) is 0 Å². The second-order valence-corrected chi connectivity index (χ2v) is 9.35. The lowest BCUT2D eigenvalue weighted by molar-refractivity contribution is -0.136. The predicted octanol–water partition coefficient (Wildman–Crippen LogP) is 4.33. The molecule has 0 unspecified atom stereocenters. The van der Waals surface area contributed by atoms with Crippen LogP contribution in [0.4, 0.5) is 0 Å². The first-order valence-corrected chi connectivity index (χ1v) is 11.4. The fraction of sp³-hybridized carbons (Fsp3) is 0.381. The highest BCUT2D eigenvalue weighted by molar-refractivity contribution is 7.18. The average molecular weight is 412 g/mol. The number of nitrogens with zero attached hydrogens (tertiary/aromatic N) is 3. The summed E-state index contributed by atoms with van der Waals surface area (Å²) in [6.07, 6.45) is 3.56. The number of thiazole rings is 1. The molecule has 0 bridgehead atoms. The van der Waals surface area contributed by atoms with Crippen LogP contribution in [-0.4, -0.2) is 45.7 Å². The Bertz CT molecular complexity index is 981. The van der Waals surface area contributed by atoms with Gasteiger partial charge in [0.25, 0.3) is 5.91 Å². The van der Waals surface area contributed by atoms with Crippen molar-refractivity contribution in [2.24, 2.45) is 0 Å². The molecular formula is C21H21N3O2S2. The molecule has 144 valence electrons. The van der Waals surface area contributed by atoms with Gasteiger partial charge in [0, 0.05) is 13.1 Å². The molecule has 28 heavy (non-hydrogen) atoms. The van der Waals surface area contributed by atoms with Gasteiger partial charge in [0.05, 0.1) is 21.1 Å². The maximum atomic E-state index is 13.4. The zero-order valence-electron chi connectivity index (χ0n) is 15.4. The second kappa shape index (κ2) is 7.29. The van der Waals surface area contributed by atoms with Gasteiger partial charge < -0.3 is 9.80 Å². The summed E-state index contributed by atoms with van der Waals surface area (Å²) < 4.78 is 1.16. The SMILES string of the molecule is O=C([C@@H]1CCCN1C(=O)c1cccs1)N1CCC[C@@H]1c1nc2ccccc2s1. The zero-order chi connectivity index (χ0) is 19.1. The third kappa shape index (κ3) is 3.02. The van der Waals surface area contributed by atoms with Crippen molar-refractivity contribution in [2.45, 2.75) is 37.8 Å². The zero-order valence-corrected chi connectivity index (χ0v) is 17.0. The van der Waals surface area contributed by atoms with Gasteiger partial charge in [0.1, 0.15) is 11.0 Å². The maximum absolute atomic E-state index is 13.4. The van der Waals surface area contributed by atoms with Gasteiger partial charge in [-0.3, -0.25) is 9.59 Å². The molecular weight excluding hydrogens is 390 g/mol. The fourth-order valence-electron chi connectivity index (χ4n) is 4.32. The third-order valence-electron chi connectivity index (χ3n) is 5.66. The second-order valence-electron chi connectivity index (χ2n) is 7.34. The highest BCUT2D eigenvalue weighted by atomic mass is 32.1. The molecule has 7 heteroatoms. The van der Waals surface area contributed by atoms with Gasteiger partial charge in [-0.05, 0) is 49.3 Å². The van der Waals surface area contributed by atoms with E-state index in [0.29, 0.717) is 11.4 Å². The molecule has 5 rings (SSSR count). The highest BCUT2D eigenvalue weighted by Crippen LogP contribution is 2.38. The van der Waals surface area contributed by atoms with Gasteiger partial charge >= 0.3 is 0 Å². The Hall–Kier alpha value is -2.25. The van der Waals surface area contributed by atoms with E-state index in [4.69, 9.17) is 4.98 Å². The molecule has 4 heterocycles. The lowest BCUT2D eigenvalue weighted by Crippen LogP contribution is -2.47. The van der Waals surface area contributed by atoms with E-state index in [2.05, 4.69) is 6.07 Å². The van der Waals surface area contributed by atoms with Gasteiger partial charge in [0.2, 0.25) is 5.91 Å². The smallest absolute Gasteiger partial charge is 0.264 e. The molecule has 2 aromatic heterocycles. The minimum Gasteiger partial charge on any atom is -0.331 e. The van der Waals surface area contributed by atoms with E-state index in [1.165, 1.54) is 11.3 Å². The van der Waals surface area contributed by atoms with E-state index in [1.807, 2.05) is 40.6 Å². The molecule has 0 spiro atoms. The molecule has 1 aromatic carbocycles. The lowest BCUT2D eigenvalue weighted by atomic mass is 10.1. The molecule has 2 aliphatic heterocycles. The first kappa shape index (κ1) is 17.8. The monoisotopic (exact) mass is 411 g/mol. The van der Waals surface area contributed by atoms with E-state index >= 15 is 0 Å². The Morgan fingerprint density at radius 3 is 2.64 bits per heavy atom. The molecule has 2 fully saturated rings. The van der Waals surface area contributed by atoms with Gasteiger partial charge in [-0.25, -0.2) is 4.98 Å². The molecule has 0 aliphatic carbocycles. The quantitative estimate of drug-likeness (QED) is 0.645. The van der Waals surface area contributed by atoms with Crippen molar-refractivity contribution < 1.29 is 9.59 Å². The van der Waals surface area contributed by atoms with Gasteiger partial charge in [-0.15, -0.1) is 22.7 Å². The van der Waals surface area contributed by atoms with E-state index in [1.54, 1.807) is 16.2 Å². The molecule has 2 aliphatic rings. The van der Waals surface area contributed by atoms with Crippen LogP contribution in [-0.2, 0) is 4.79 Å². The van der Waals surface area contributed by atoms with Crippen LogP contribution in [0.5, 0.6) is 0 Å². The third-order valence-corrected chi connectivity index (χ3v) is 7.66. The van der Waals surface area contributed by atoms with Crippen molar-refractivity contribution in [1.82, 2.24) is 14.8 Å². The molecule has 5 nitrogen and oxygen atoms in total. The number of hydrogen-bond acceptors (Lipinski definition) is 5. The molecule has 2 saturated heterocycles. The molecule has 2 atom stereocenters. The number of carbonyl (C=O) groups is 2. The Kier molecular flexibility index (Phi) is 4.64. The minimum absolute atomic E-state index is 0.0124. The number of likely N-dealkylation sites (tertiary alicyclic amines) is 2. The van der Waals surface area contributed by atoms with E-state index in [9.17, 15) is 9.59 Å². The Labute approximate surface area is 171 Å². The van der Waals surface area contributed by atoms with Crippen LogP contribution in [0.2, 0.25) is 0 Å². The van der Waals surface area contributed by atoms with Gasteiger partial charge in [0.15, 0.2) is 0 Å². The van der Waals surface area contributed by atoms with Crippen LogP contribution in [0.25, 0.3) is 10.2 Å². The van der Waals surface area contributed by atoms with Crippen LogP contribution < -0.4 is 0 Å². The Balaban J connectivity index is 1.39. The number of benzene rings is 1. The van der Waals surface area contributed by atoms with Crippen molar-refractivity contribution >= 4 is 44.7 Å². The number of fused-ring (bicyclic) bond motifs is 1. The molecule has 3 aromatic rings. The normalized spacial score (nSPS) is 22.3. The van der Waals surface area contributed by atoms with Crippen molar-refractivity contribution in [3.05, 3.63) is 51.7 Å². The summed E-state index contributed by atoms with van der Waals surface area (Å²) in [5.41, 5.74) is 0.997. The number of amides is 2. The molecule has 0 saturated carbocycles. The summed E-state index contributed by atoms with van der Waals surface area (Å²) in [5, 5.41) is 2.92. The average Bonchev–Trinajstić information content (AvgIpc) is 3.51. The van der Waals surface area contributed by atoms with Crippen LogP contribution in [0.3, 0.4) is 0 Å². The van der Waals surface area contributed by atoms with Gasteiger partial charge in [-0.1, -0.05) is 18.2 Å². The summed E-state index contributed by atoms with van der Waals surface area (Å²) in [4.78, 5) is 35.6. The Morgan fingerprint density at radius 1 is 1.00 bits per heavy atom. The summed E-state index contributed by atoms with van der Waals surface area (Å²) in [6.45, 7) is 1.41. The number of carbonyl (C=O) groups excluding carboxylic acids is 2. The first-order chi connectivity index (χ1) is 13.7. The van der Waals surface area contributed by atoms with Crippen molar-refractivity contribution in [1.29, 1.82) is 0 Å². The maximum Gasteiger partial charge on any atom is 0.264 e. The number of aromatic nitrogens is 1. The number of thiophene rings is 1. The van der Waals surface area contributed by atoms with E-state index < -0.39 is 0 Å². The Morgan fingerprint density at radius 2 is 1.82 bits per heavy atom. The minimum atomic E-state index is -0.343. The van der Waals surface area contributed by atoms with Gasteiger partial charge in [-0.2, -0.15) is 0 Å². The summed E-state index contributed by atoms with van der Waals surface area (Å²) in [6, 6.07) is 11.5. The lowest BCUT2D eigenvalue weighted by Gasteiger charge is -2.30. The van der Waals surface area contributed by atoms with E-state index in [-0.39, 0.29) is 23.9 Å². The van der Waals surface area contributed by atoms with Crippen LogP contribution in [0, 0.1) is 0 Å². The highest BCUT2D eigenvalue weighted by Gasteiger charge is 2.41. The summed E-state index contributed by atoms with van der Waals surface area (Å²) in [5.74, 6) is 0.0748. The summed E-state index contributed by atoms with van der Waals surface area (Å²) in [7, 11) is 0. The number of hydrogen-bond donors (Lipinski definition) is 0.